The third-order valence-electron chi connectivity index (χ3n) is 4.93. The number of methoxy groups -OCH3 is 1. The molecule has 0 radical (unpaired) electrons. The number of para-hydroxylation sites is 3. The molecular formula is C26H24O6. The van der Waals surface area contributed by atoms with Gasteiger partial charge in [0.25, 0.3) is 0 Å². The van der Waals surface area contributed by atoms with E-state index in [1.807, 2.05) is 43.3 Å². The molecule has 0 atom stereocenters. The summed E-state index contributed by atoms with van der Waals surface area (Å²) in [4.78, 5) is 13.1. The summed E-state index contributed by atoms with van der Waals surface area (Å²) < 4.78 is 28.7. The van der Waals surface area contributed by atoms with Gasteiger partial charge in [-0.1, -0.05) is 30.3 Å². The van der Waals surface area contributed by atoms with Crippen LogP contribution in [-0.2, 0) is 6.61 Å². The van der Waals surface area contributed by atoms with Gasteiger partial charge in [0.2, 0.25) is 11.2 Å². The highest BCUT2D eigenvalue weighted by molar-refractivity contribution is 5.79. The first-order valence-electron chi connectivity index (χ1n) is 10.3. The lowest BCUT2D eigenvalue weighted by Crippen LogP contribution is -2.08. The first-order valence-corrected chi connectivity index (χ1v) is 10.3. The number of hydrogen-bond donors (Lipinski definition) is 0. The van der Waals surface area contributed by atoms with E-state index in [1.54, 1.807) is 44.4 Å². The predicted molar refractivity (Wildman–Crippen MR) is 122 cm³/mol. The van der Waals surface area contributed by atoms with Gasteiger partial charge in [-0.25, -0.2) is 0 Å². The molecule has 0 aliphatic carbocycles. The van der Waals surface area contributed by atoms with Crippen LogP contribution in [0.2, 0.25) is 0 Å². The second-order valence-corrected chi connectivity index (χ2v) is 7.06. The molecule has 6 heteroatoms. The summed E-state index contributed by atoms with van der Waals surface area (Å²) >= 11 is 0. The van der Waals surface area contributed by atoms with Gasteiger partial charge in [-0.15, -0.1) is 0 Å². The summed E-state index contributed by atoms with van der Waals surface area (Å²) in [5.74, 6) is 2.86. The number of rotatable bonds is 8. The third-order valence-corrected chi connectivity index (χ3v) is 4.93. The molecule has 4 aromatic rings. The van der Waals surface area contributed by atoms with Crippen LogP contribution >= 0.6 is 0 Å². The van der Waals surface area contributed by atoms with E-state index < -0.39 is 0 Å². The van der Waals surface area contributed by atoms with Crippen LogP contribution in [0.4, 0.5) is 0 Å². The summed E-state index contributed by atoms with van der Waals surface area (Å²) in [5.41, 5.74) is 1.09. The monoisotopic (exact) mass is 432 g/mol. The molecule has 0 bridgehead atoms. The molecular weight excluding hydrogens is 408 g/mol. The number of aryl methyl sites for hydroxylation is 1. The van der Waals surface area contributed by atoms with E-state index in [0.29, 0.717) is 47.2 Å². The Hall–Kier alpha value is -3.93. The summed E-state index contributed by atoms with van der Waals surface area (Å²) in [6.07, 6.45) is 0. The Morgan fingerprint density at radius 1 is 0.875 bits per heavy atom. The van der Waals surface area contributed by atoms with E-state index >= 15 is 0 Å². The van der Waals surface area contributed by atoms with Crippen molar-refractivity contribution in [1.82, 2.24) is 0 Å². The van der Waals surface area contributed by atoms with E-state index in [2.05, 4.69) is 0 Å². The Bertz CT molecular complexity index is 1290. The van der Waals surface area contributed by atoms with Crippen LogP contribution in [-0.4, -0.2) is 13.7 Å². The van der Waals surface area contributed by atoms with E-state index in [9.17, 15) is 4.79 Å². The predicted octanol–water partition coefficient (Wildman–Crippen LogP) is 5.88. The van der Waals surface area contributed by atoms with Crippen LogP contribution in [0.1, 0.15) is 18.2 Å². The zero-order valence-electron chi connectivity index (χ0n) is 18.2. The van der Waals surface area contributed by atoms with Gasteiger partial charge in [0, 0.05) is 11.6 Å². The summed E-state index contributed by atoms with van der Waals surface area (Å²) in [5, 5.41) is 0.407. The van der Waals surface area contributed by atoms with Crippen molar-refractivity contribution in [2.45, 2.75) is 20.5 Å². The van der Waals surface area contributed by atoms with Crippen LogP contribution in [0, 0.1) is 6.92 Å². The fourth-order valence-corrected chi connectivity index (χ4v) is 3.38. The highest BCUT2D eigenvalue weighted by Crippen LogP contribution is 2.33. The summed E-state index contributed by atoms with van der Waals surface area (Å²) in [6.45, 7) is 4.40. The normalized spacial score (nSPS) is 10.7. The minimum absolute atomic E-state index is 0.132. The van der Waals surface area contributed by atoms with E-state index in [-0.39, 0.29) is 11.2 Å². The highest BCUT2D eigenvalue weighted by atomic mass is 16.5. The Morgan fingerprint density at radius 2 is 1.59 bits per heavy atom. The molecule has 1 heterocycles. The maximum atomic E-state index is 13.1. The average Bonchev–Trinajstić information content (AvgIpc) is 2.81. The number of benzene rings is 3. The molecule has 0 amide bonds. The van der Waals surface area contributed by atoms with Crippen LogP contribution < -0.4 is 24.4 Å². The van der Waals surface area contributed by atoms with Crippen molar-refractivity contribution in [2.24, 2.45) is 0 Å². The van der Waals surface area contributed by atoms with Crippen molar-refractivity contribution in [2.75, 3.05) is 13.7 Å². The van der Waals surface area contributed by atoms with Gasteiger partial charge >= 0.3 is 0 Å². The first-order chi connectivity index (χ1) is 15.6. The number of ether oxygens (including phenoxy) is 4. The molecule has 0 N–H and O–H groups in total. The van der Waals surface area contributed by atoms with Gasteiger partial charge in [-0.05, 0) is 44.2 Å². The van der Waals surface area contributed by atoms with Crippen LogP contribution in [0.25, 0.3) is 11.0 Å². The van der Waals surface area contributed by atoms with Crippen molar-refractivity contribution in [3.8, 4) is 28.7 Å². The molecule has 164 valence electrons. The van der Waals surface area contributed by atoms with Crippen LogP contribution in [0.15, 0.2) is 75.9 Å². The standard InChI is InChI=1S/C26H24O6/c1-4-29-22-11-7-8-12-23(22)32-26-17(2)31-24-15-19(13-14-20(24)25(26)27)30-16-18-9-5-6-10-21(18)28-3/h5-15H,4,16H2,1-3H3. The molecule has 0 aliphatic rings. The second-order valence-electron chi connectivity index (χ2n) is 7.06. The van der Waals surface area contributed by atoms with Gasteiger partial charge in [0.15, 0.2) is 11.5 Å². The quantitative estimate of drug-likeness (QED) is 0.346. The van der Waals surface area contributed by atoms with E-state index in [0.717, 1.165) is 11.3 Å². The highest BCUT2D eigenvalue weighted by Gasteiger charge is 2.16. The minimum atomic E-state index is -0.258. The number of fused-ring (bicyclic) bond motifs is 1. The topological polar surface area (TPSA) is 67.1 Å². The lowest BCUT2D eigenvalue weighted by Gasteiger charge is -2.13. The van der Waals surface area contributed by atoms with Crippen molar-refractivity contribution in [3.05, 3.63) is 88.3 Å². The molecule has 32 heavy (non-hydrogen) atoms. The average molecular weight is 432 g/mol. The Balaban J connectivity index is 1.62. The Kier molecular flexibility index (Phi) is 6.31. The summed E-state index contributed by atoms with van der Waals surface area (Å²) in [7, 11) is 1.62. The van der Waals surface area contributed by atoms with Gasteiger partial charge < -0.3 is 23.4 Å². The molecule has 1 aromatic heterocycles. The van der Waals surface area contributed by atoms with Gasteiger partial charge in [-0.2, -0.15) is 0 Å². The lowest BCUT2D eigenvalue weighted by atomic mass is 10.2. The number of hydrogen-bond acceptors (Lipinski definition) is 6. The molecule has 0 unspecified atom stereocenters. The largest absolute Gasteiger partial charge is 0.496 e. The Labute approximate surface area is 185 Å². The maximum Gasteiger partial charge on any atom is 0.235 e. The van der Waals surface area contributed by atoms with Crippen molar-refractivity contribution in [1.29, 1.82) is 0 Å². The van der Waals surface area contributed by atoms with Crippen molar-refractivity contribution >= 4 is 11.0 Å². The van der Waals surface area contributed by atoms with Crippen LogP contribution in [0.5, 0.6) is 28.7 Å². The van der Waals surface area contributed by atoms with Gasteiger partial charge in [0.1, 0.15) is 29.4 Å². The molecule has 0 fully saturated rings. The molecule has 3 aromatic carbocycles. The van der Waals surface area contributed by atoms with E-state index in [4.69, 9.17) is 23.4 Å². The maximum absolute atomic E-state index is 13.1. The fraction of sp³-hybridized carbons (Fsp3) is 0.192. The second kappa shape index (κ2) is 9.47. The first kappa shape index (κ1) is 21.3. The van der Waals surface area contributed by atoms with Crippen molar-refractivity contribution in [3.63, 3.8) is 0 Å². The molecule has 4 rings (SSSR count). The smallest absolute Gasteiger partial charge is 0.235 e. The fourth-order valence-electron chi connectivity index (χ4n) is 3.38. The van der Waals surface area contributed by atoms with E-state index in [1.165, 1.54) is 0 Å². The van der Waals surface area contributed by atoms with Crippen molar-refractivity contribution < 1.29 is 23.4 Å². The molecule has 6 nitrogen and oxygen atoms in total. The van der Waals surface area contributed by atoms with Gasteiger partial charge in [0.05, 0.1) is 19.1 Å². The third kappa shape index (κ3) is 4.39. The molecule has 0 aliphatic heterocycles. The van der Waals surface area contributed by atoms with Crippen LogP contribution in [0.3, 0.4) is 0 Å². The Morgan fingerprint density at radius 3 is 2.34 bits per heavy atom. The summed E-state index contributed by atoms with van der Waals surface area (Å²) in [6, 6.07) is 20.0. The molecule has 0 saturated carbocycles. The zero-order valence-corrected chi connectivity index (χ0v) is 18.2. The van der Waals surface area contributed by atoms with Gasteiger partial charge in [-0.3, -0.25) is 4.79 Å². The molecule has 0 spiro atoms. The minimum Gasteiger partial charge on any atom is -0.496 e. The lowest BCUT2D eigenvalue weighted by molar-refractivity contribution is 0.296. The molecule has 0 saturated heterocycles. The zero-order chi connectivity index (χ0) is 22.5. The SMILES string of the molecule is CCOc1ccccc1Oc1c(C)oc2cc(OCc3ccccc3OC)ccc2c1=O.